The molecule has 174 valence electrons. The fraction of sp³-hybridized carbons (Fsp3) is 0.417. The molecule has 1 amide bonds. The Hall–Kier alpha value is -2.49. The number of carbonyl (C=O) groups excluding carboxylic acids is 1. The number of benzene rings is 2. The fourth-order valence-corrected chi connectivity index (χ4v) is 3.59. The van der Waals surface area contributed by atoms with Crippen LogP contribution in [-0.2, 0) is 24.2 Å². The molecule has 2 aromatic carbocycles. The molecule has 0 spiro atoms. The summed E-state index contributed by atoms with van der Waals surface area (Å²) in [6.45, 7) is 7.53. The van der Waals surface area contributed by atoms with Gasteiger partial charge in [0.15, 0.2) is 5.96 Å². The Balaban J connectivity index is 0.00000363. The van der Waals surface area contributed by atoms with Gasteiger partial charge in [0.1, 0.15) is 17.6 Å². The van der Waals surface area contributed by atoms with Crippen molar-refractivity contribution in [3.63, 3.8) is 0 Å². The zero-order valence-corrected chi connectivity index (χ0v) is 21.5. The van der Waals surface area contributed by atoms with Crippen molar-refractivity contribution in [1.29, 1.82) is 0 Å². The van der Waals surface area contributed by atoms with E-state index in [1.54, 1.807) is 7.05 Å². The molecule has 0 saturated carbocycles. The minimum absolute atomic E-state index is 0. The largest absolute Gasteiger partial charge is 0.494 e. The lowest BCUT2D eigenvalue weighted by Crippen LogP contribution is -2.37. The van der Waals surface area contributed by atoms with Crippen LogP contribution in [0.15, 0.2) is 41.4 Å². The maximum absolute atomic E-state index is 11.1. The summed E-state index contributed by atoms with van der Waals surface area (Å²) in [7, 11) is 1.76. The standard InChI is InChI=1S/C24H32N4O3.HI/c1-5-30-22-13-19-12-16(2)31-23(19)14-20(22)15-27-24(25-4)26-11-10-18-6-8-21(9-7-18)28-17(3)29;/h6-9,13-14,16H,5,10-12,15H2,1-4H3,(H,28,29)(H2,25,26,27);1H. The molecule has 1 atom stereocenters. The lowest BCUT2D eigenvalue weighted by atomic mass is 10.1. The number of rotatable bonds is 8. The highest BCUT2D eigenvalue weighted by molar-refractivity contribution is 14.0. The van der Waals surface area contributed by atoms with E-state index in [-0.39, 0.29) is 36.0 Å². The van der Waals surface area contributed by atoms with Crippen LogP contribution < -0.4 is 25.4 Å². The molecule has 32 heavy (non-hydrogen) atoms. The summed E-state index contributed by atoms with van der Waals surface area (Å²) in [5, 5.41) is 9.48. The molecule has 1 aliphatic rings. The number of hydrogen-bond donors (Lipinski definition) is 3. The summed E-state index contributed by atoms with van der Waals surface area (Å²) in [6, 6.07) is 12.0. The summed E-state index contributed by atoms with van der Waals surface area (Å²) < 4.78 is 11.8. The van der Waals surface area contributed by atoms with Crippen molar-refractivity contribution >= 4 is 41.5 Å². The van der Waals surface area contributed by atoms with Gasteiger partial charge in [-0.2, -0.15) is 0 Å². The maximum Gasteiger partial charge on any atom is 0.221 e. The van der Waals surface area contributed by atoms with Crippen LogP contribution in [0.4, 0.5) is 5.69 Å². The molecule has 0 fully saturated rings. The van der Waals surface area contributed by atoms with E-state index in [0.29, 0.717) is 13.2 Å². The first-order valence-corrected chi connectivity index (χ1v) is 10.7. The van der Waals surface area contributed by atoms with Crippen LogP contribution in [-0.4, -0.2) is 38.2 Å². The molecule has 1 aliphatic heterocycles. The fourth-order valence-electron chi connectivity index (χ4n) is 3.59. The number of guanidine groups is 1. The van der Waals surface area contributed by atoms with E-state index < -0.39 is 0 Å². The molecule has 1 heterocycles. The van der Waals surface area contributed by atoms with Crippen LogP contribution in [0.1, 0.15) is 37.5 Å². The van der Waals surface area contributed by atoms with Crippen molar-refractivity contribution in [3.8, 4) is 11.5 Å². The third-order valence-corrected chi connectivity index (χ3v) is 5.03. The Kier molecular flexibility index (Phi) is 10.1. The van der Waals surface area contributed by atoms with Crippen molar-refractivity contribution in [2.24, 2.45) is 4.99 Å². The van der Waals surface area contributed by atoms with Crippen LogP contribution in [0, 0.1) is 0 Å². The maximum atomic E-state index is 11.1. The van der Waals surface area contributed by atoms with E-state index in [0.717, 1.165) is 48.1 Å². The SMILES string of the molecule is CCOc1cc2c(cc1CNC(=NC)NCCc1ccc(NC(C)=O)cc1)OC(C)C2.I. The van der Waals surface area contributed by atoms with Gasteiger partial charge in [-0.3, -0.25) is 9.79 Å². The molecule has 0 bridgehead atoms. The molecule has 3 N–H and O–H groups in total. The van der Waals surface area contributed by atoms with E-state index in [2.05, 4.69) is 40.0 Å². The predicted molar refractivity (Wildman–Crippen MR) is 139 cm³/mol. The van der Waals surface area contributed by atoms with Gasteiger partial charge >= 0.3 is 0 Å². The van der Waals surface area contributed by atoms with Crippen LogP contribution in [0.2, 0.25) is 0 Å². The van der Waals surface area contributed by atoms with Crippen LogP contribution >= 0.6 is 24.0 Å². The second-order valence-corrected chi connectivity index (χ2v) is 7.61. The Morgan fingerprint density at radius 3 is 2.62 bits per heavy atom. The van der Waals surface area contributed by atoms with E-state index >= 15 is 0 Å². The molecule has 0 radical (unpaired) electrons. The third-order valence-electron chi connectivity index (χ3n) is 5.03. The number of hydrogen-bond acceptors (Lipinski definition) is 4. The number of amides is 1. The zero-order valence-electron chi connectivity index (χ0n) is 19.2. The number of carbonyl (C=O) groups is 1. The quantitative estimate of drug-likeness (QED) is 0.263. The molecule has 0 aromatic heterocycles. The third kappa shape index (κ3) is 7.29. The number of anilines is 1. The summed E-state index contributed by atoms with van der Waals surface area (Å²) >= 11 is 0. The highest BCUT2D eigenvalue weighted by atomic mass is 127. The molecule has 0 saturated heterocycles. The number of aliphatic imine (C=N–C) groups is 1. The Morgan fingerprint density at radius 2 is 1.97 bits per heavy atom. The van der Waals surface area contributed by atoms with Crippen molar-refractivity contribution in [3.05, 3.63) is 53.1 Å². The van der Waals surface area contributed by atoms with Crippen LogP contribution in [0.5, 0.6) is 11.5 Å². The second-order valence-electron chi connectivity index (χ2n) is 7.61. The number of ether oxygens (including phenoxy) is 2. The van der Waals surface area contributed by atoms with E-state index in [1.807, 2.05) is 31.2 Å². The Labute approximate surface area is 207 Å². The molecule has 7 nitrogen and oxygen atoms in total. The molecule has 8 heteroatoms. The van der Waals surface area contributed by atoms with Gasteiger partial charge in [0.05, 0.1) is 6.61 Å². The van der Waals surface area contributed by atoms with Crippen LogP contribution in [0.3, 0.4) is 0 Å². The summed E-state index contributed by atoms with van der Waals surface area (Å²) in [6.07, 6.45) is 1.96. The minimum atomic E-state index is -0.0683. The predicted octanol–water partition coefficient (Wildman–Crippen LogP) is 3.89. The van der Waals surface area contributed by atoms with Gasteiger partial charge in [0, 0.05) is 50.3 Å². The normalized spacial score (nSPS) is 14.6. The van der Waals surface area contributed by atoms with Crippen LogP contribution in [0.25, 0.3) is 0 Å². The number of nitrogens with zero attached hydrogens (tertiary/aromatic N) is 1. The van der Waals surface area contributed by atoms with Gasteiger partial charge in [-0.25, -0.2) is 0 Å². The first-order valence-electron chi connectivity index (χ1n) is 10.7. The minimum Gasteiger partial charge on any atom is -0.494 e. The van der Waals surface area contributed by atoms with E-state index in [4.69, 9.17) is 9.47 Å². The Bertz CT molecular complexity index is 932. The summed E-state index contributed by atoms with van der Waals surface area (Å²) in [5.41, 5.74) is 4.23. The van der Waals surface area contributed by atoms with Gasteiger partial charge in [-0.15, -0.1) is 24.0 Å². The van der Waals surface area contributed by atoms with Gasteiger partial charge < -0.3 is 25.4 Å². The number of fused-ring (bicyclic) bond motifs is 1. The average Bonchev–Trinajstić information content (AvgIpc) is 3.10. The number of halogens is 1. The van der Waals surface area contributed by atoms with Gasteiger partial charge in [-0.1, -0.05) is 12.1 Å². The van der Waals surface area contributed by atoms with Crippen molar-refractivity contribution in [2.45, 2.75) is 46.3 Å². The van der Waals surface area contributed by atoms with E-state index in [1.165, 1.54) is 18.1 Å². The van der Waals surface area contributed by atoms with Gasteiger partial charge in [0.25, 0.3) is 0 Å². The topological polar surface area (TPSA) is 84.0 Å². The summed E-state index contributed by atoms with van der Waals surface area (Å²) in [4.78, 5) is 15.4. The van der Waals surface area contributed by atoms with Crippen molar-refractivity contribution in [2.75, 3.05) is 25.5 Å². The smallest absolute Gasteiger partial charge is 0.221 e. The second kappa shape index (κ2) is 12.5. The lowest BCUT2D eigenvalue weighted by Gasteiger charge is -2.16. The highest BCUT2D eigenvalue weighted by Gasteiger charge is 2.21. The lowest BCUT2D eigenvalue weighted by molar-refractivity contribution is -0.114. The number of nitrogens with one attached hydrogen (secondary N) is 3. The zero-order chi connectivity index (χ0) is 22.2. The molecule has 2 aromatic rings. The van der Waals surface area contributed by atoms with Gasteiger partial charge in [0.2, 0.25) is 5.91 Å². The van der Waals surface area contributed by atoms with E-state index in [9.17, 15) is 4.79 Å². The van der Waals surface area contributed by atoms with Crippen molar-refractivity contribution < 1.29 is 14.3 Å². The van der Waals surface area contributed by atoms with Crippen molar-refractivity contribution in [1.82, 2.24) is 10.6 Å². The summed E-state index contributed by atoms with van der Waals surface area (Å²) in [5.74, 6) is 2.49. The highest BCUT2D eigenvalue weighted by Crippen LogP contribution is 2.35. The molecule has 3 rings (SSSR count). The first-order chi connectivity index (χ1) is 15.0. The Morgan fingerprint density at radius 1 is 1.22 bits per heavy atom. The molecular weight excluding hydrogens is 519 g/mol. The first kappa shape index (κ1) is 25.8. The monoisotopic (exact) mass is 552 g/mol. The molecular formula is C24H33IN4O3. The molecule has 0 aliphatic carbocycles. The van der Waals surface area contributed by atoms with Gasteiger partial charge in [-0.05, 0) is 50.1 Å². The average molecular weight is 552 g/mol. The molecule has 1 unspecified atom stereocenters.